The van der Waals surface area contributed by atoms with E-state index >= 15 is 0 Å². The number of ether oxygens (including phenoxy) is 1. The maximum Gasteiger partial charge on any atom is 0.276 e. The first kappa shape index (κ1) is 15.6. The van der Waals surface area contributed by atoms with Gasteiger partial charge in [-0.2, -0.15) is 4.57 Å². The Morgan fingerprint density at radius 1 is 1.42 bits per heavy atom. The maximum atomic E-state index is 11.1. The third-order valence-corrected chi connectivity index (χ3v) is 5.82. The first-order valence-corrected chi connectivity index (χ1v) is 8.74. The molecule has 0 spiro atoms. The molecule has 0 radical (unpaired) electrons. The van der Waals surface area contributed by atoms with Crippen LogP contribution in [0.5, 0.6) is 5.75 Å². The summed E-state index contributed by atoms with van der Waals surface area (Å²) in [5, 5.41) is 12.3. The average molecular weight is 325 g/mol. The molecule has 2 bridgehead atoms. The fourth-order valence-corrected chi connectivity index (χ4v) is 4.44. The third kappa shape index (κ3) is 2.50. The van der Waals surface area contributed by atoms with Crippen LogP contribution in [0.3, 0.4) is 0 Å². The Bertz CT molecular complexity index is 760. The van der Waals surface area contributed by atoms with Crippen molar-refractivity contribution in [3.8, 4) is 5.75 Å². The molecule has 3 saturated heterocycles. The van der Waals surface area contributed by atoms with Crippen LogP contribution in [0.25, 0.3) is 10.9 Å². The minimum Gasteiger partial charge on any atom is -0.497 e. The quantitative estimate of drug-likeness (QED) is 0.693. The number of fused-ring (bicyclic) bond motifs is 4. The molecule has 3 aliphatic rings. The molecule has 5 atom stereocenters. The molecule has 4 heterocycles. The summed E-state index contributed by atoms with van der Waals surface area (Å²) in [5.41, 5.74) is 1.01. The number of aliphatic hydroxyl groups is 1. The summed E-state index contributed by atoms with van der Waals surface area (Å²) in [6, 6.07) is 10.2. The van der Waals surface area contributed by atoms with Crippen molar-refractivity contribution in [2.75, 3.05) is 20.2 Å². The number of pyridine rings is 1. The molecular weight excluding hydrogens is 300 g/mol. The van der Waals surface area contributed by atoms with Crippen molar-refractivity contribution < 1.29 is 14.4 Å². The molecule has 5 rings (SSSR count). The van der Waals surface area contributed by atoms with E-state index in [1.54, 1.807) is 7.11 Å². The minimum atomic E-state index is -0.547. The third-order valence-electron chi connectivity index (χ3n) is 5.82. The zero-order valence-corrected chi connectivity index (χ0v) is 14.1. The first-order chi connectivity index (χ1) is 11.7. The fraction of sp³-hybridized carbons (Fsp3) is 0.450. The van der Waals surface area contributed by atoms with Crippen molar-refractivity contribution in [3.63, 3.8) is 0 Å². The van der Waals surface area contributed by atoms with Crippen molar-refractivity contribution in [2.24, 2.45) is 11.8 Å². The number of aliphatic hydroxyl groups excluding tert-OH is 1. The van der Waals surface area contributed by atoms with Gasteiger partial charge in [-0.15, -0.1) is 6.58 Å². The van der Waals surface area contributed by atoms with Gasteiger partial charge in [0.15, 0.2) is 6.20 Å². The summed E-state index contributed by atoms with van der Waals surface area (Å²) in [6.45, 7) is 6.08. The number of aromatic nitrogens is 1. The highest BCUT2D eigenvalue weighted by Crippen LogP contribution is 2.39. The van der Waals surface area contributed by atoms with Crippen LogP contribution in [0.1, 0.15) is 19.1 Å². The van der Waals surface area contributed by atoms with Crippen LogP contribution in [0.15, 0.2) is 49.2 Å². The lowest BCUT2D eigenvalue weighted by Crippen LogP contribution is -2.60. The van der Waals surface area contributed by atoms with E-state index in [0.717, 1.165) is 36.2 Å². The predicted octanol–water partition coefficient (Wildman–Crippen LogP) is 2.52. The Morgan fingerprint density at radius 2 is 2.29 bits per heavy atom. The molecule has 0 amide bonds. The highest BCUT2D eigenvalue weighted by molar-refractivity contribution is 5.76. The molecule has 1 aromatic heterocycles. The second-order valence-electron chi connectivity index (χ2n) is 7.00. The molecule has 0 saturated carbocycles. The Kier molecular flexibility index (Phi) is 4.02. The Balaban J connectivity index is 1.69. The summed E-state index contributed by atoms with van der Waals surface area (Å²) in [5.74, 6) is 2.03. The largest absolute Gasteiger partial charge is 0.497 e. The first-order valence-electron chi connectivity index (χ1n) is 8.74. The van der Waals surface area contributed by atoms with Crippen molar-refractivity contribution in [2.45, 2.75) is 25.1 Å². The van der Waals surface area contributed by atoms with Gasteiger partial charge in [0.25, 0.3) is 6.23 Å². The van der Waals surface area contributed by atoms with Crippen LogP contribution in [-0.4, -0.2) is 36.2 Å². The predicted molar refractivity (Wildman–Crippen MR) is 93.7 cm³/mol. The van der Waals surface area contributed by atoms with Gasteiger partial charge in [0, 0.05) is 18.0 Å². The average Bonchev–Trinajstić information content (AvgIpc) is 2.66. The second kappa shape index (κ2) is 6.19. The minimum absolute atomic E-state index is 0.168. The van der Waals surface area contributed by atoms with Crippen LogP contribution in [0.2, 0.25) is 0 Å². The fourth-order valence-electron chi connectivity index (χ4n) is 4.44. The van der Waals surface area contributed by atoms with Gasteiger partial charge in [0.05, 0.1) is 19.2 Å². The van der Waals surface area contributed by atoms with Crippen molar-refractivity contribution in [3.05, 3.63) is 49.2 Å². The van der Waals surface area contributed by atoms with Crippen LogP contribution in [0, 0.1) is 11.8 Å². The molecule has 1 N–H and O–H groups in total. The summed E-state index contributed by atoms with van der Waals surface area (Å²) >= 11 is 0. The zero-order valence-electron chi connectivity index (χ0n) is 14.1. The number of hydrogen-bond acceptors (Lipinski definition) is 3. The normalized spacial score (nSPS) is 30.2. The van der Waals surface area contributed by atoms with Gasteiger partial charge in [0.1, 0.15) is 5.75 Å². The van der Waals surface area contributed by atoms with Crippen molar-refractivity contribution in [1.82, 2.24) is 4.90 Å². The van der Waals surface area contributed by atoms with E-state index in [2.05, 4.69) is 23.6 Å². The number of hydrogen-bond donors (Lipinski definition) is 1. The Labute approximate surface area is 143 Å². The van der Waals surface area contributed by atoms with Gasteiger partial charge in [0.2, 0.25) is 5.52 Å². The van der Waals surface area contributed by atoms with Crippen LogP contribution in [-0.2, 0) is 0 Å². The van der Waals surface area contributed by atoms with Crippen LogP contribution in [0.4, 0.5) is 0 Å². The monoisotopic (exact) mass is 325 g/mol. The lowest BCUT2D eigenvalue weighted by Gasteiger charge is -2.48. The van der Waals surface area contributed by atoms with E-state index in [9.17, 15) is 5.11 Å². The number of nitrogens with zero attached hydrogens (tertiary/aromatic N) is 2. The van der Waals surface area contributed by atoms with Crippen molar-refractivity contribution in [1.29, 1.82) is 0 Å². The number of piperidine rings is 3. The van der Waals surface area contributed by atoms with Gasteiger partial charge in [-0.05, 0) is 49.4 Å². The molecule has 1 aromatic carbocycles. The van der Waals surface area contributed by atoms with E-state index in [4.69, 9.17) is 4.74 Å². The molecule has 4 heteroatoms. The summed E-state index contributed by atoms with van der Waals surface area (Å²) in [4.78, 5) is 2.43. The Morgan fingerprint density at radius 3 is 3.00 bits per heavy atom. The summed E-state index contributed by atoms with van der Waals surface area (Å²) in [7, 11) is 1.67. The smallest absolute Gasteiger partial charge is 0.276 e. The molecule has 24 heavy (non-hydrogen) atoms. The Hall–Kier alpha value is -1.91. The second-order valence-corrected chi connectivity index (χ2v) is 7.00. The lowest BCUT2D eigenvalue weighted by molar-refractivity contribution is -0.744. The van der Waals surface area contributed by atoms with E-state index in [1.807, 2.05) is 35.0 Å². The molecular formula is C20H25N2O2+. The standard InChI is InChI=1S/C20H25N2O2/c1-3-14-13-21-10-8-16(14)11-19(21)20(23)22-9-4-5-15-6-7-17(24-2)12-18(15)22/h3-7,9,12,14,16,19-20,23H,1,8,10-11,13H2,2H3/q+1/t14?,16?,19?,20-/m1/s1. The number of methoxy groups -OCH3 is 1. The molecule has 126 valence electrons. The van der Waals surface area contributed by atoms with Gasteiger partial charge in [-0.3, -0.25) is 4.90 Å². The van der Waals surface area contributed by atoms with Crippen LogP contribution >= 0.6 is 0 Å². The van der Waals surface area contributed by atoms with Crippen LogP contribution < -0.4 is 9.30 Å². The number of rotatable bonds is 4. The number of benzene rings is 1. The zero-order chi connectivity index (χ0) is 16.7. The summed E-state index contributed by atoms with van der Waals surface area (Å²) < 4.78 is 7.36. The molecule has 2 aromatic rings. The highest BCUT2D eigenvalue weighted by atomic mass is 16.5. The van der Waals surface area contributed by atoms with Gasteiger partial charge in [-0.1, -0.05) is 6.08 Å². The van der Waals surface area contributed by atoms with E-state index < -0.39 is 6.23 Å². The SMILES string of the molecule is C=CC1CN2CCC1CC2[C@@H](O)[n+]1cccc2ccc(OC)cc21. The lowest BCUT2D eigenvalue weighted by atomic mass is 9.75. The van der Waals surface area contributed by atoms with Crippen molar-refractivity contribution >= 4 is 10.9 Å². The molecule has 3 fully saturated rings. The topological polar surface area (TPSA) is 36.6 Å². The van der Waals surface area contributed by atoms with E-state index in [-0.39, 0.29) is 6.04 Å². The summed E-state index contributed by atoms with van der Waals surface area (Å²) in [6.07, 6.45) is 5.77. The molecule has 3 aliphatic heterocycles. The molecule has 4 nitrogen and oxygen atoms in total. The molecule has 4 unspecified atom stereocenters. The maximum absolute atomic E-state index is 11.1. The van der Waals surface area contributed by atoms with Gasteiger partial charge < -0.3 is 9.84 Å². The van der Waals surface area contributed by atoms with Gasteiger partial charge in [-0.25, -0.2) is 0 Å². The van der Waals surface area contributed by atoms with E-state index in [1.165, 1.54) is 6.42 Å². The van der Waals surface area contributed by atoms with Gasteiger partial charge >= 0.3 is 0 Å². The highest BCUT2D eigenvalue weighted by Gasteiger charge is 2.45. The molecule has 0 aliphatic carbocycles. The van der Waals surface area contributed by atoms with E-state index in [0.29, 0.717) is 11.8 Å².